The molecule has 2 amide bonds. The number of carbonyl (C=O) groups excluding carboxylic acids is 2. The molecule has 0 aliphatic carbocycles. The van der Waals surface area contributed by atoms with Crippen molar-refractivity contribution in [1.82, 2.24) is 10.6 Å². The van der Waals surface area contributed by atoms with E-state index < -0.39 is 12.0 Å². The summed E-state index contributed by atoms with van der Waals surface area (Å²) in [7, 11) is 0. The summed E-state index contributed by atoms with van der Waals surface area (Å²) in [6, 6.07) is -0.966. The molecule has 0 aromatic heterocycles. The summed E-state index contributed by atoms with van der Waals surface area (Å²) < 4.78 is 0. The zero-order chi connectivity index (χ0) is 21.7. The predicted molar refractivity (Wildman–Crippen MR) is 111 cm³/mol. The van der Waals surface area contributed by atoms with E-state index in [0.29, 0.717) is 19.4 Å². The van der Waals surface area contributed by atoms with Gasteiger partial charge in [0.15, 0.2) is 0 Å². The fourth-order valence-corrected chi connectivity index (χ4v) is 2.98. The third-order valence-corrected chi connectivity index (χ3v) is 4.62. The van der Waals surface area contributed by atoms with Gasteiger partial charge in [-0.2, -0.15) is 0 Å². The molecule has 0 aliphatic heterocycles. The number of carboxylic acids is 1. The molecule has 0 fully saturated rings. The highest BCUT2D eigenvalue weighted by molar-refractivity contribution is 5.80. The molecule has 0 aromatic carbocycles. The number of nitrogens with one attached hydrogen (secondary N) is 2. The first-order valence-electron chi connectivity index (χ1n) is 10.3. The molecular formula is C20H40N4O4. The number of rotatable bonds is 15. The van der Waals surface area contributed by atoms with Crippen LogP contribution in [0.3, 0.4) is 0 Å². The number of hydrogen-bond acceptors (Lipinski definition) is 5. The first-order chi connectivity index (χ1) is 13.0. The van der Waals surface area contributed by atoms with Crippen LogP contribution in [0.5, 0.6) is 0 Å². The van der Waals surface area contributed by atoms with Crippen LogP contribution in [0.1, 0.15) is 72.6 Å². The van der Waals surface area contributed by atoms with Crippen LogP contribution < -0.4 is 22.1 Å². The van der Waals surface area contributed by atoms with Crippen LogP contribution in [-0.2, 0) is 14.4 Å². The van der Waals surface area contributed by atoms with Crippen molar-refractivity contribution in [1.29, 1.82) is 0 Å². The highest BCUT2D eigenvalue weighted by Crippen LogP contribution is 2.11. The van der Waals surface area contributed by atoms with Gasteiger partial charge in [0.1, 0.15) is 0 Å². The molecule has 0 heterocycles. The summed E-state index contributed by atoms with van der Waals surface area (Å²) in [5.74, 6) is -0.907. The lowest BCUT2D eigenvalue weighted by Gasteiger charge is -2.23. The van der Waals surface area contributed by atoms with Gasteiger partial charge in [-0.25, -0.2) is 0 Å². The van der Waals surface area contributed by atoms with E-state index in [4.69, 9.17) is 16.6 Å². The van der Waals surface area contributed by atoms with E-state index in [1.165, 1.54) is 0 Å². The van der Waals surface area contributed by atoms with Crippen molar-refractivity contribution in [3.8, 4) is 0 Å². The fraction of sp³-hybridized carbons (Fsp3) is 0.850. The Morgan fingerprint density at radius 2 is 1.46 bits per heavy atom. The number of hydrogen-bond donors (Lipinski definition) is 5. The molecule has 8 nitrogen and oxygen atoms in total. The van der Waals surface area contributed by atoms with Gasteiger partial charge in [-0.05, 0) is 37.6 Å². The number of carboxylic acid groups (broad SMARTS) is 1. The first kappa shape index (κ1) is 26.3. The quantitative estimate of drug-likeness (QED) is 0.262. The molecule has 0 rings (SSSR count). The number of unbranched alkanes of at least 4 members (excludes halogenated alkanes) is 1. The number of carbonyl (C=O) groups is 3. The average molecular weight is 401 g/mol. The van der Waals surface area contributed by atoms with Crippen LogP contribution in [0.4, 0.5) is 0 Å². The Hall–Kier alpha value is -1.67. The third kappa shape index (κ3) is 13.5. The summed E-state index contributed by atoms with van der Waals surface area (Å²) in [6.45, 7) is 8.44. The van der Waals surface area contributed by atoms with Gasteiger partial charge in [-0.3, -0.25) is 14.4 Å². The Balaban J connectivity index is 4.82. The molecule has 0 radical (unpaired) electrons. The summed E-state index contributed by atoms with van der Waals surface area (Å²) in [6.07, 6.45) is 3.05. The van der Waals surface area contributed by atoms with Crippen LogP contribution in [0.2, 0.25) is 0 Å². The van der Waals surface area contributed by atoms with E-state index >= 15 is 0 Å². The SMILES string of the molecule is CC(C)C[C@@H](CC(=O)O)NC(=O)CC(CCCCN)NC(=O)C[C@@H](N)C(C)C. The van der Waals surface area contributed by atoms with Crippen LogP contribution in [0.15, 0.2) is 0 Å². The predicted octanol–water partition coefficient (Wildman–Crippen LogP) is 1.37. The second-order valence-electron chi connectivity index (χ2n) is 8.36. The Labute approximate surface area is 169 Å². The molecule has 28 heavy (non-hydrogen) atoms. The minimum absolute atomic E-state index is 0.113. The van der Waals surface area contributed by atoms with Gasteiger partial charge < -0.3 is 27.2 Å². The summed E-state index contributed by atoms with van der Waals surface area (Å²) in [5.41, 5.74) is 11.5. The normalized spacial score (nSPS) is 14.6. The third-order valence-electron chi connectivity index (χ3n) is 4.62. The van der Waals surface area contributed by atoms with E-state index in [-0.39, 0.29) is 55.0 Å². The van der Waals surface area contributed by atoms with Crippen molar-refractivity contribution in [2.24, 2.45) is 23.3 Å². The maximum absolute atomic E-state index is 12.5. The second kappa shape index (κ2) is 14.3. The Morgan fingerprint density at radius 1 is 0.893 bits per heavy atom. The van der Waals surface area contributed by atoms with Gasteiger partial charge in [0.05, 0.1) is 6.42 Å². The molecule has 8 heteroatoms. The van der Waals surface area contributed by atoms with Gasteiger partial charge in [-0.15, -0.1) is 0 Å². The smallest absolute Gasteiger partial charge is 0.305 e. The molecule has 0 aromatic rings. The van der Waals surface area contributed by atoms with E-state index in [1.807, 2.05) is 27.7 Å². The van der Waals surface area contributed by atoms with Crippen LogP contribution in [0, 0.1) is 11.8 Å². The van der Waals surface area contributed by atoms with Crippen LogP contribution in [0.25, 0.3) is 0 Å². The van der Waals surface area contributed by atoms with Crippen molar-refractivity contribution in [3.63, 3.8) is 0 Å². The highest BCUT2D eigenvalue weighted by Gasteiger charge is 2.22. The number of nitrogens with two attached hydrogens (primary N) is 2. The summed E-state index contributed by atoms with van der Waals surface area (Å²) >= 11 is 0. The minimum atomic E-state index is -0.943. The molecule has 0 spiro atoms. The second-order valence-corrected chi connectivity index (χ2v) is 8.36. The maximum Gasteiger partial charge on any atom is 0.305 e. The summed E-state index contributed by atoms with van der Waals surface area (Å²) in [4.78, 5) is 35.8. The minimum Gasteiger partial charge on any atom is -0.481 e. The lowest BCUT2D eigenvalue weighted by Crippen LogP contribution is -2.44. The zero-order valence-corrected chi connectivity index (χ0v) is 17.9. The topological polar surface area (TPSA) is 148 Å². The molecule has 3 atom stereocenters. The first-order valence-corrected chi connectivity index (χ1v) is 10.3. The maximum atomic E-state index is 12.5. The molecule has 1 unspecified atom stereocenters. The van der Waals surface area contributed by atoms with E-state index in [9.17, 15) is 14.4 Å². The number of amides is 2. The lowest BCUT2D eigenvalue weighted by molar-refractivity contribution is -0.137. The largest absolute Gasteiger partial charge is 0.481 e. The summed E-state index contributed by atoms with van der Waals surface area (Å²) in [5, 5.41) is 14.8. The Morgan fingerprint density at radius 3 is 1.96 bits per heavy atom. The fourth-order valence-electron chi connectivity index (χ4n) is 2.98. The average Bonchev–Trinajstić information content (AvgIpc) is 2.53. The molecule has 7 N–H and O–H groups in total. The van der Waals surface area contributed by atoms with Gasteiger partial charge in [-0.1, -0.05) is 34.1 Å². The molecular weight excluding hydrogens is 360 g/mol. The Kier molecular flexibility index (Phi) is 13.5. The zero-order valence-electron chi connectivity index (χ0n) is 17.9. The van der Waals surface area contributed by atoms with Crippen molar-refractivity contribution >= 4 is 17.8 Å². The van der Waals surface area contributed by atoms with Gasteiger partial charge in [0.25, 0.3) is 0 Å². The molecule has 0 saturated carbocycles. The van der Waals surface area contributed by atoms with Crippen LogP contribution in [-0.4, -0.2) is 47.6 Å². The number of aliphatic carboxylic acids is 1. The van der Waals surface area contributed by atoms with Crippen molar-refractivity contribution in [3.05, 3.63) is 0 Å². The van der Waals surface area contributed by atoms with E-state index in [0.717, 1.165) is 12.8 Å². The van der Waals surface area contributed by atoms with Crippen LogP contribution >= 0.6 is 0 Å². The Bertz CT molecular complexity index is 483. The standard InChI is InChI=1S/C20H40N4O4/c1-13(2)9-16(11-20(27)28)24-18(25)10-15(7-5-6-8-21)23-19(26)12-17(22)14(3)4/h13-17H,5-12,21-22H2,1-4H3,(H,23,26)(H,24,25)(H,27,28)/t15?,16-,17+/m0/s1. The van der Waals surface area contributed by atoms with Crippen molar-refractivity contribution in [2.45, 2.75) is 90.8 Å². The van der Waals surface area contributed by atoms with Crippen molar-refractivity contribution in [2.75, 3.05) is 6.54 Å². The lowest BCUT2D eigenvalue weighted by atomic mass is 9.99. The van der Waals surface area contributed by atoms with Gasteiger partial charge in [0.2, 0.25) is 11.8 Å². The van der Waals surface area contributed by atoms with Gasteiger partial charge in [0, 0.05) is 31.0 Å². The molecule has 0 bridgehead atoms. The monoisotopic (exact) mass is 400 g/mol. The van der Waals surface area contributed by atoms with Gasteiger partial charge >= 0.3 is 5.97 Å². The molecule has 0 aliphatic rings. The van der Waals surface area contributed by atoms with E-state index in [2.05, 4.69) is 10.6 Å². The van der Waals surface area contributed by atoms with E-state index in [1.54, 1.807) is 0 Å². The van der Waals surface area contributed by atoms with Crippen molar-refractivity contribution < 1.29 is 19.5 Å². The molecule has 0 saturated heterocycles. The highest BCUT2D eigenvalue weighted by atomic mass is 16.4. The molecule has 164 valence electrons.